The van der Waals surface area contributed by atoms with Crippen molar-refractivity contribution in [1.82, 2.24) is 0 Å². The Bertz CT molecular complexity index is 556. The van der Waals surface area contributed by atoms with E-state index in [1.165, 1.54) is 12.0 Å². The van der Waals surface area contributed by atoms with Crippen LogP contribution in [0.1, 0.15) is 58.8 Å². The molecule has 128 valence electrons. The summed E-state index contributed by atoms with van der Waals surface area (Å²) in [6.45, 7) is 4.72. The van der Waals surface area contributed by atoms with Crippen molar-refractivity contribution in [3.05, 3.63) is 11.6 Å². The number of allylic oxidation sites excluding steroid dienone is 1. The van der Waals surface area contributed by atoms with Crippen molar-refractivity contribution in [2.45, 2.75) is 64.9 Å². The number of alkyl halides is 1. The number of aliphatic hydroxyl groups is 1. The summed E-state index contributed by atoms with van der Waals surface area (Å²) in [4.78, 5) is 11.9. The molecule has 3 saturated carbocycles. The number of halogens is 1. The number of aliphatic hydroxyl groups excluding tert-OH is 1. The molecule has 4 rings (SSSR count). The summed E-state index contributed by atoms with van der Waals surface area (Å²) in [5.41, 5.74) is 1.66. The number of carbonyl (C=O) groups excluding carboxylic acids is 1. The summed E-state index contributed by atoms with van der Waals surface area (Å²) < 4.78 is 0. The second-order valence-corrected chi connectivity index (χ2v) is 9.41. The molecule has 0 radical (unpaired) electrons. The van der Waals surface area contributed by atoms with Crippen LogP contribution in [0.25, 0.3) is 0 Å². The van der Waals surface area contributed by atoms with Gasteiger partial charge in [0.25, 0.3) is 0 Å². The summed E-state index contributed by atoms with van der Waals surface area (Å²) in [6, 6.07) is 0. The monoisotopic (exact) mass is 336 g/mol. The van der Waals surface area contributed by atoms with Crippen LogP contribution >= 0.6 is 11.6 Å². The van der Waals surface area contributed by atoms with E-state index < -0.39 is 0 Å². The Hall–Kier alpha value is -0.340. The Morgan fingerprint density at radius 1 is 1.22 bits per heavy atom. The zero-order chi connectivity index (χ0) is 16.4. The van der Waals surface area contributed by atoms with Crippen LogP contribution in [0.3, 0.4) is 0 Å². The molecular formula is C20H29ClO2. The number of carbonyl (C=O) groups is 1. The Morgan fingerprint density at radius 3 is 2.74 bits per heavy atom. The van der Waals surface area contributed by atoms with Gasteiger partial charge in [0.05, 0.1) is 6.10 Å². The van der Waals surface area contributed by atoms with Gasteiger partial charge >= 0.3 is 0 Å². The largest absolute Gasteiger partial charge is 0.393 e. The van der Waals surface area contributed by atoms with E-state index in [4.69, 9.17) is 11.6 Å². The first-order valence-electron chi connectivity index (χ1n) is 9.38. The summed E-state index contributed by atoms with van der Waals surface area (Å²) in [5.74, 6) is 3.34. The van der Waals surface area contributed by atoms with Gasteiger partial charge in [0.1, 0.15) is 0 Å². The van der Waals surface area contributed by atoms with E-state index in [2.05, 4.69) is 13.8 Å². The van der Waals surface area contributed by atoms with Gasteiger partial charge in [-0.2, -0.15) is 0 Å². The maximum atomic E-state index is 11.9. The molecule has 0 aromatic carbocycles. The van der Waals surface area contributed by atoms with Crippen molar-refractivity contribution >= 4 is 17.4 Å². The highest BCUT2D eigenvalue weighted by Gasteiger charge is 2.60. The smallest absolute Gasteiger partial charge is 0.155 e. The zero-order valence-corrected chi connectivity index (χ0v) is 15.1. The van der Waals surface area contributed by atoms with E-state index in [1.54, 1.807) is 0 Å². The van der Waals surface area contributed by atoms with Gasteiger partial charge < -0.3 is 5.11 Å². The molecule has 2 nitrogen and oxygen atoms in total. The third kappa shape index (κ3) is 2.13. The minimum atomic E-state index is -0.137. The first-order chi connectivity index (χ1) is 10.9. The third-order valence-corrected chi connectivity index (χ3v) is 8.68. The fourth-order valence-electron chi connectivity index (χ4n) is 6.83. The molecule has 4 unspecified atom stereocenters. The molecule has 4 aliphatic rings. The number of ketones is 1. The molecule has 3 fully saturated rings. The van der Waals surface area contributed by atoms with E-state index in [0.29, 0.717) is 41.8 Å². The van der Waals surface area contributed by atoms with Crippen LogP contribution in [-0.4, -0.2) is 22.9 Å². The van der Waals surface area contributed by atoms with Crippen molar-refractivity contribution in [3.63, 3.8) is 0 Å². The molecular weight excluding hydrogens is 308 g/mol. The second-order valence-electron chi connectivity index (χ2n) is 9.10. The molecule has 1 N–H and O–H groups in total. The van der Waals surface area contributed by atoms with Crippen LogP contribution in [0.5, 0.6) is 0 Å². The van der Waals surface area contributed by atoms with Crippen LogP contribution in [0, 0.1) is 34.5 Å². The maximum absolute atomic E-state index is 11.9. The highest BCUT2D eigenvalue weighted by atomic mass is 35.5. The molecule has 3 heteroatoms. The average molecular weight is 337 g/mol. The first kappa shape index (κ1) is 16.1. The Labute approximate surface area is 144 Å². The molecule has 0 aromatic heterocycles. The lowest BCUT2D eigenvalue weighted by Crippen LogP contribution is -2.54. The lowest BCUT2D eigenvalue weighted by molar-refractivity contribution is -0.119. The maximum Gasteiger partial charge on any atom is 0.155 e. The van der Waals surface area contributed by atoms with Crippen LogP contribution in [-0.2, 0) is 4.79 Å². The molecule has 23 heavy (non-hydrogen) atoms. The Kier molecular flexibility index (Phi) is 3.74. The summed E-state index contributed by atoms with van der Waals surface area (Å²) in [5, 5.41) is 10.6. The number of hydrogen-bond acceptors (Lipinski definition) is 2. The molecule has 0 bridgehead atoms. The van der Waals surface area contributed by atoms with E-state index in [0.717, 1.165) is 32.1 Å². The average Bonchev–Trinajstić information content (AvgIpc) is 2.83. The van der Waals surface area contributed by atoms with Crippen molar-refractivity contribution in [2.75, 3.05) is 5.88 Å². The number of fused-ring (bicyclic) bond motifs is 5. The summed E-state index contributed by atoms with van der Waals surface area (Å²) in [7, 11) is 0. The molecule has 0 amide bonds. The predicted octanol–water partition coefficient (Wildman–Crippen LogP) is 4.34. The van der Waals surface area contributed by atoms with Gasteiger partial charge in [-0.1, -0.05) is 19.4 Å². The van der Waals surface area contributed by atoms with Crippen molar-refractivity contribution in [2.24, 2.45) is 34.5 Å². The highest BCUT2D eigenvalue weighted by molar-refractivity contribution is 6.18. The topological polar surface area (TPSA) is 37.3 Å². The minimum absolute atomic E-state index is 0.0908. The molecule has 4 aliphatic carbocycles. The van der Waals surface area contributed by atoms with Gasteiger partial charge in [-0.15, -0.1) is 11.6 Å². The Balaban J connectivity index is 1.75. The quantitative estimate of drug-likeness (QED) is 0.723. The number of hydrogen-bond donors (Lipinski definition) is 1. The van der Waals surface area contributed by atoms with Crippen LogP contribution in [0.15, 0.2) is 11.6 Å². The fourth-order valence-corrected chi connectivity index (χ4v) is 7.15. The van der Waals surface area contributed by atoms with Crippen molar-refractivity contribution < 1.29 is 9.90 Å². The van der Waals surface area contributed by atoms with Crippen LogP contribution in [0.2, 0.25) is 0 Å². The normalized spacial score (nSPS) is 52.4. The van der Waals surface area contributed by atoms with Crippen molar-refractivity contribution in [1.29, 1.82) is 0 Å². The lowest BCUT2D eigenvalue weighted by Gasteiger charge is -2.60. The molecule has 0 heterocycles. The summed E-state index contributed by atoms with van der Waals surface area (Å²) >= 11 is 6.41. The van der Waals surface area contributed by atoms with Gasteiger partial charge in [0.15, 0.2) is 5.78 Å². The second kappa shape index (κ2) is 5.33. The minimum Gasteiger partial charge on any atom is -0.393 e. The number of rotatable bonds is 1. The molecule has 0 aliphatic heterocycles. The van der Waals surface area contributed by atoms with Gasteiger partial charge in [-0.3, -0.25) is 4.79 Å². The first-order valence-corrected chi connectivity index (χ1v) is 9.91. The van der Waals surface area contributed by atoms with Crippen molar-refractivity contribution in [3.8, 4) is 0 Å². The van der Waals surface area contributed by atoms with E-state index in [9.17, 15) is 9.90 Å². The standard InChI is InChI=1S/C20H29ClO2/c1-19-7-5-14(22)10-13(19)9-12(11-21)18-15-3-4-17(23)20(15,2)8-6-16(18)19/h10,12,15-18,23H,3-9,11H2,1-2H3/t12?,15?,16?,17-,18?,19-,20-/m0/s1. The van der Waals surface area contributed by atoms with Gasteiger partial charge in [0.2, 0.25) is 0 Å². The zero-order valence-electron chi connectivity index (χ0n) is 14.4. The molecule has 7 atom stereocenters. The van der Waals surface area contributed by atoms with Gasteiger partial charge in [-0.05, 0) is 79.1 Å². The van der Waals surface area contributed by atoms with Gasteiger partial charge in [0, 0.05) is 12.3 Å². The summed E-state index contributed by atoms with van der Waals surface area (Å²) in [6.07, 6.45) is 8.96. The van der Waals surface area contributed by atoms with E-state index in [1.807, 2.05) is 6.08 Å². The predicted molar refractivity (Wildman–Crippen MR) is 92.3 cm³/mol. The SMILES string of the molecule is C[C@]12CCC(=O)C=C1CC(CCl)C1C2CC[C@@]2(C)C1CC[C@@H]2O. The Morgan fingerprint density at radius 2 is 2.00 bits per heavy atom. The van der Waals surface area contributed by atoms with Crippen LogP contribution < -0.4 is 0 Å². The fraction of sp³-hybridized carbons (Fsp3) is 0.850. The van der Waals surface area contributed by atoms with E-state index in [-0.39, 0.29) is 16.9 Å². The third-order valence-electron chi connectivity index (χ3n) is 8.29. The lowest BCUT2D eigenvalue weighted by atomic mass is 9.45. The van der Waals surface area contributed by atoms with E-state index >= 15 is 0 Å². The highest BCUT2D eigenvalue weighted by Crippen LogP contribution is 2.66. The van der Waals surface area contributed by atoms with Gasteiger partial charge in [-0.25, -0.2) is 0 Å². The molecule has 0 spiro atoms. The molecule has 0 aromatic rings. The molecule has 0 saturated heterocycles. The van der Waals surface area contributed by atoms with Crippen LogP contribution in [0.4, 0.5) is 0 Å².